The van der Waals surface area contributed by atoms with Gasteiger partial charge in [0.25, 0.3) is 0 Å². The number of rotatable bonds is 43. The van der Waals surface area contributed by atoms with Gasteiger partial charge in [-0.25, -0.2) is 0 Å². The summed E-state index contributed by atoms with van der Waals surface area (Å²) in [4.78, 5) is 11.9. The van der Waals surface area contributed by atoms with E-state index in [0.717, 1.165) is 18.2 Å². The van der Waals surface area contributed by atoms with Crippen molar-refractivity contribution in [3.8, 4) is 0 Å². The van der Waals surface area contributed by atoms with Gasteiger partial charge in [-0.2, -0.15) is 0 Å². The van der Waals surface area contributed by atoms with Crippen LogP contribution in [0.1, 0.15) is 96.8 Å². The molecule has 48 heavy (non-hydrogen) atoms. The molecule has 0 aliphatic carbocycles. The van der Waals surface area contributed by atoms with Crippen LogP contribution in [0.25, 0.3) is 0 Å². The highest BCUT2D eigenvalue weighted by Crippen LogP contribution is 2.13. The molecule has 0 amide bonds. The molecule has 0 N–H and O–H groups in total. The largest absolute Gasteiger partial charge is 0.463 e. The molecule has 0 bridgehead atoms. The highest BCUT2D eigenvalue weighted by molar-refractivity contribution is 9.09. The minimum atomic E-state index is -0.129. The SMILES string of the molecule is CCCCCCCCCCCCCCCC(=O)OCCOCCOCCOCCOCCOCCOCCOCCOCCOCCBr. The molecule has 0 saturated heterocycles. The smallest absolute Gasteiger partial charge is 0.305 e. The fourth-order valence-corrected chi connectivity index (χ4v) is 4.72. The molecule has 0 aromatic heterocycles. The Bertz CT molecular complexity index is 604. The van der Waals surface area contributed by atoms with Gasteiger partial charge in [0.15, 0.2) is 0 Å². The lowest BCUT2D eigenvalue weighted by molar-refractivity contribution is -0.145. The maximum absolute atomic E-state index is 11.9. The number of alkyl halides is 1. The van der Waals surface area contributed by atoms with Gasteiger partial charge in [0, 0.05) is 11.8 Å². The van der Waals surface area contributed by atoms with E-state index in [-0.39, 0.29) is 5.97 Å². The van der Waals surface area contributed by atoms with E-state index >= 15 is 0 Å². The number of unbranched alkanes of at least 4 members (excludes halogenated alkanes) is 12. The monoisotopic (exact) mass is 758 g/mol. The number of hydrogen-bond acceptors (Lipinski definition) is 11. The molecular formula is C36H71BrO11. The maximum Gasteiger partial charge on any atom is 0.305 e. The molecule has 0 unspecified atom stereocenters. The van der Waals surface area contributed by atoms with Crippen LogP contribution in [-0.2, 0) is 52.2 Å². The number of carbonyl (C=O) groups excluding carboxylic acids is 1. The third-order valence-electron chi connectivity index (χ3n) is 7.17. The Morgan fingerprint density at radius 3 is 0.896 bits per heavy atom. The number of halogens is 1. The van der Waals surface area contributed by atoms with Crippen LogP contribution in [0.15, 0.2) is 0 Å². The second-order valence-electron chi connectivity index (χ2n) is 11.4. The third kappa shape index (κ3) is 43.6. The van der Waals surface area contributed by atoms with E-state index in [1.54, 1.807) is 0 Å². The lowest BCUT2D eigenvalue weighted by Gasteiger charge is -2.09. The summed E-state index contributed by atoms with van der Waals surface area (Å²) in [6, 6.07) is 0. The highest BCUT2D eigenvalue weighted by atomic mass is 79.9. The first-order valence-corrected chi connectivity index (χ1v) is 19.8. The summed E-state index contributed by atoms with van der Waals surface area (Å²) in [6.07, 6.45) is 17.4. The standard InChI is InChI=1S/C36H71BrO11/c1-2-3-4-5-6-7-8-9-10-11-12-13-14-15-36(38)48-35-34-47-33-32-46-31-30-45-29-28-44-27-26-43-25-24-42-23-22-41-21-20-40-19-18-39-17-16-37/h2-35H2,1H3. The first-order chi connectivity index (χ1) is 23.8. The summed E-state index contributed by atoms with van der Waals surface area (Å²) >= 11 is 3.30. The molecule has 0 aliphatic heterocycles. The van der Waals surface area contributed by atoms with Crippen LogP contribution in [0, 0.1) is 0 Å². The van der Waals surface area contributed by atoms with E-state index in [0.29, 0.717) is 132 Å². The molecule has 0 heterocycles. The molecule has 11 nitrogen and oxygen atoms in total. The van der Waals surface area contributed by atoms with Crippen LogP contribution < -0.4 is 0 Å². The van der Waals surface area contributed by atoms with Crippen molar-refractivity contribution in [2.45, 2.75) is 96.8 Å². The van der Waals surface area contributed by atoms with Crippen molar-refractivity contribution >= 4 is 21.9 Å². The predicted molar refractivity (Wildman–Crippen MR) is 192 cm³/mol. The van der Waals surface area contributed by atoms with Crippen molar-refractivity contribution in [2.24, 2.45) is 0 Å². The molecule has 0 aromatic rings. The van der Waals surface area contributed by atoms with Crippen molar-refractivity contribution in [2.75, 3.05) is 131 Å². The average Bonchev–Trinajstić information content (AvgIpc) is 3.09. The highest BCUT2D eigenvalue weighted by Gasteiger charge is 2.03. The summed E-state index contributed by atoms with van der Waals surface area (Å²) in [6.45, 7) is 12.0. The minimum Gasteiger partial charge on any atom is -0.463 e. The van der Waals surface area contributed by atoms with Crippen molar-refractivity contribution in [1.29, 1.82) is 0 Å². The van der Waals surface area contributed by atoms with E-state index in [4.69, 9.17) is 47.4 Å². The molecule has 0 aromatic carbocycles. The molecule has 0 saturated carbocycles. The molecular weight excluding hydrogens is 688 g/mol. The number of carbonyl (C=O) groups is 1. The second-order valence-corrected chi connectivity index (χ2v) is 12.2. The summed E-state index contributed by atoms with van der Waals surface area (Å²) < 4.78 is 54.2. The van der Waals surface area contributed by atoms with E-state index in [2.05, 4.69) is 22.9 Å². The van der Waals surface area contributed by atoms with Gasteiger partial charge < -0.3 is 47.4 Å². The molecule has 288 valence electrons. The van der Waals surface area contributed by atoms with Crippen molar-refractivity contribution in [1.82, 2.24) is 0 Å². The summed E-state index contributed by atoms with van der Waals surface area (Å²) in [5.41, 5.74) is 0. The number of esters is 1. The van der Waals surface area contributed by atoms with Gasteiger partial charge in [-0.1, -0.05) is 99.9 Å². The summed E-state index contributed by atoms with van der Waals surface area (Å²) in [7, 11) is 0. The minimum absolute atomic E-state index is 0.129. The first kappa shape index (κ1) is 47.6. The molecule has 0 radical (unpaired) electrons. The maximum atomic E-state index is 11.9. The fraction of sp³-hybridized carbons (Fsp3) is 0.972. The predicted octanol–water partition coefficient (Wildman–Crippen LogP) is 6.56. The zero-order chi connectivity index (χ0) is 34.7. The van der Waals surface area contributed by atoms with Gasteiger partial charge in [0.1, 0.15) is 6.61 Å². The van der Waals surface area contributed by atoms with Crippen LogP contribution in [0.2, 0.25) is 0 Å². The quantitative estimate of drug-likeness (QED) is 0.0384. The van der Waals surface area contributed by atoms with Gasteiger partial charge in [-0.15, -0.1) is 0 Å². The van der Waals surface area contributed by atoms with E-state index in [9.17, 15) is 4.79 Å². The van der Waals surface area contributed by atoms with Crippen LogP contribution in [0.5, 0.6) is 0 Å². The molecule has 0 atom stereocenters. The zero-order valence-electron chi connectivity index (χ0n) is 30.4. The Hall–Kier alpha value is -0.410. The number of hydrogen-bond donors (Lipinski definition) is 0. The average molecular weight is 760 g/mol. The van der Waals surface area contributed by atoms with Gasteiger partial charge in [0.05, 0.1) is 119 Å². The lowest BCUT2D eigenvalue weighted by atomic mass is 10.0. The van der Waals surface area contributed by atoms with Crippen LogP contribution in [0.4, 0.5) is 0 Å². The van der Waals surface area contributed by atoms with Crippen LogP contribution in [-0.4, -0.2) is 137 Å². The normalized spacial score (nSPS) is 11.5. The Balaban J connectivity index is 3.12. The molecule has 0 aliphatic rings. The topological polar surface area (TPSA) is 109 Å². The van der Waals surface area contributed by atoms with E-state index in [1.807, 2.05) is 0 Å². The van der Waals surface area contributed by atoms with Crippen LogP contribution in [0.3, 0.4) is 0 Å². The van der Waals surface area contributed by atoms with Crippen molar-refractivity contribution < 1.29 is 52.2 Å². The van der Waals surface area contributed by atoms with Gasteiger partial charge >= 0.3 is 5.97 Å². The Morgan fingerprint density at radius 2 is 0.604 bits per heavy atom. The summed E-state index contributed by atoms with van der Waals surface area (Å²) in [5.74, 6) is -0.129. The Labute approximate surface area is 301 Å². The first-order valence-electron chi connectivity index (χ1n) is 18.7. The number of ether oxygens (including phenoxy) is 10. The van der Waals surface area contributed by atoms with Crippen molar-refractivity contribution in [3.05, 3.63) is 0 Å². The molecule has 0 fully saturated rings. The van der Waals surface area contributed by atoms with E-state index < -0.39 is 0 Å². The lowest BCUT2D eigenvalue weighted by Crippen LogP contribution is -2.15. The second kappa shape index (κ2) is 44.6. The fourth-order valence-electron chi connectivity index (χ4n) is 4.49. The summed E-state index contributed by atoms with van der Waals surface area (Å²) in [5, 5.41) is 0.837. The Kier molecular flexibility index (Phi) is 44.2. The van der Waals surface area contributed by atoms with Gasteiger partial charge in [-0.05, 0) is 6.42 Å². The van der Waals surface area contributed by atoms with E-state index in [1.165, 1.54) is 70.6 Å². The zero-order valence-corrected chi connectivity index (χ0v) is 32.0. The Morgan fingerprint density at radius 1 is 0.354 bits per heavy atom. The van der Waals surface area contributed by atoms with Crippen LogP contribution >= 0.6 is 15.9 Å². The molecule has 0 rings (SSSR count). The molecule has 12 heteroatoms. The van der Waals surface area contributed by atoms with Gasteiger partial charge in [-0.3, -0.25) is 4.79 Å². The molecule has 0 spiro atoms. The third-order valence-corrected chi connectivity index (χ3v) is 7.50. The van der Waals surface area contributed by atoms with Crippen molar-refractivity contribution in [3.63, 3.8) is 0 Å². The van der Waals surface area contributed by atoms with Gasteiger partial charge in [0.2, 0.25) is 0 Å².